The van der Waals surface area contributed by atoms with E-state index < -0.39 is 0 Å². The van der Waals surface area contributed by atoms with E-state index in [-0.39, 0.29) is 12.2 Å². The number of piperidine rings is 1. The Morgan fingerprint density at radius 1 is 1.03 bits per heavy atom. The van der Waals surface area contributed by atoms with E-state index in [1.807, 2.05) is 12.4 Å². The standard InChI is InChI=1S/C24H36N4O2/c1-3-16(4-2)13-22-26-15-21-23(28-22)20(17-5-7-18(29)8-6-17)14-27-24(21)30-19-9-11-25-12-10-19/h14-19,25,29H,3-13H2,1-2H3. The molecule has 2 fully saturated rings. The lowest BCUT2D eigenvalue weighted by atomic mass is 9.82. The van der Waals surface area contributed by atoms with Crippen LogP contribution in [0, 0.1) is 5.92 Å². The summed E-state index contributed by atoms with van der Waals surface area (Å²) in [6.45, 7) is 6.45. The third-order valence-corrected chi connectivity index (χ3v) is 6.99. The molecule has 1 saturated carbocycles. The predicted octanol–water partition coefficient (Wildman–Crippen LogP) is 4.15. The number of nitrogens with zero attached hydrogens (tertiary/aromatic N) is 3. The summed E-state index contributed by atoms with van der Waals surface area (Å²) in [4.78, 5) is 14.5. The monoisotopic (exact) mass is 412 g/mol. The maximum absolute atomic E-state index is 9.94. The lowest BCUT2D eigenvalue weighted by Crippen LogP contribution is -2.34. The van der Waals surface area contributed by atoms with Crippen molar-refractivity contribution in [1.29, 1.82) is 0 Å². The van der Waals surface area contributed by atoms with Crippen molar-refractivity contribution in [2.75, 3.05) is 13.1 Å². The third kappa shape index (κ3) is 4.92. The fraction of sp³-hybridized carbons (Fsp3) is 0.708. The summed E-state index contributed by atoms with van der Waals surface area (Å²) in [6.07, 6.45) is 12.8. The number of hydrogen-bond acceptors (Lipinski definition) is 6. The molecule has 1 aliphatic carbocycles. The molecule has 164 valence electrons. The largest absolute Gasteiger partial charge is 0.474 e. The van der Waals surface area contributed by atoms with Crippen LogP contribution in [0.3, 0.4) is 0 Å². The molecule has 0 aromatic carbocycles. The maximum Gasteiger partial charge on any atom is 0.224 e. The summed E-state index contributed by atoms with van der Waals surface area (Å²) < 4.78 is 6.32. The zero-order chi connectivity index (χ0) is 20.9. The summed E-state index contributed by atoms with van der Waals surface area (Å²) >= 11 is 0. The van der Waals surface area contributed by atoms with Crippen LogP contribution < -0.4 is 10.1 Å². The number of ether oxygens (including phenoxy) is 1. The zero-order valence-electron chi connectivity index (χ0n) is 18.4. The van der Waals surface area contributed by atoms with Crippen LogP contribution in [0.15, 0.2) is 12.4 Å². The lowest BCUT2D eigenvalue weighted by molar-refractivity contribution is 0.122. The van der Waals surface area contributed by atoms with E-state index in [0.717, 1.165) is 87.6 Å². The van der Waals surface area contributed by atoms with Crippen molar-refractivity contribution in [2.45, 2.75) is 89.8 Å². The van der Waals surface area contributed by atoms with E-state index in [9.17, 15) is 5.11 Å². The Balaban J connectivity index is 1.68. The van der Waals surface area contributed by atoms with Gasteiger partial charge in [-0.2, -0.15) is 0 Å². The second kappa shape index (κ2) is 10.0. The molecule has 0 unspecified atom stereocenters. The van der Waals surface area contributed by atoms with Gasteiger partial charge in [0.1, 0.15) is 11.9 Å². The minimum atomic E-state index is -0.164. The highest BCUT2D eigenvalue weighted by Crippen LogP contribution is 2.37. The van der Waals surface area contributed by atoms with Crippen LogP contribution in [0.25, 0.3) is 10.9 Å². The van der Waals surface area contributed by atoms with Crippen LogP contribution in [-0.4, -0.2) is 45.4 Å². The van der Waals surface area contributed by atoms with Crippen molar-refractivity contribution in [3.63, 3.8) is 0 Å². The number of nitrogens with one attached hydrogen (secondary N) is 1. The summed E-state index contributed by atoms with van der Waals surface area (Å²) in [7, 11) is 0. The van der Waals surface area contributed by atoms with Gasteiger partial charge in [-0.3, -0.25) is 0 Å². The van der Waals surface area contributed by atoms with Crippen LogP contribution in [0.1, 0.15) is 82.5 Å². The van der Waals surface area contributed by atoms with Crippen molar-refractivity contribution in [3.05, 3.63) is 23.8 Å². The molecule has 4 rings (SSSR count). The van der Waals surface area contributed by atoms with Gasteiger partial charge in [-0.25, -0.2) is 15.0 Å². The van der Waals surface area contributed by atoms with E-state index >= 15 is 0 Å². The van der Waals surface area contributed by atoms with Gasteiger partial charge in [0.2, 0.25) is 5.88 Å². The highest BCUT2D eigenvalue weighted by Gasteiger charge is 2.25. The SMILES string of the molecule is CCC(CC)Cc1ncc2c(OC3CCNCC3)ncc(C3CCC(O)CC3)c2n1. The first-order valence-electron chi connectivity index (χ1n) is 11.9. The van der Waals surface area contributed by atoms with Crippen molar-refractivity contribution < 1.29 is 9.84 Å². The smallest absolute Gasteiger partial charge is 0.224 e. The topological polar surface area (TPSA) is 80.2 Å². The van der Waals surface area contributed by atoms with Gasteiger partial charge in [-0.05, 0) is 63.5 Å². The van der Waals surface area contributed by atoms with Gasteiger partial charge in [-0.15, -0.1) is 0 Å². The number of rotatable bonds is 7. The number of fused-ring (bicyclic) bond motifs is 1. The van der Waals surface area contributed by atoms with Gasteiger partial charge in [0.25, 0.3) is 0 Å². The maximum atomic E-state index is 9.94. The van der Waals surface area contributed by atoms with Crippen LogP contribution >= 0.6 is 0 Å². The van der Waals surface area contributed by atoms with E-state index in [0.29, 0.717) is 17.7 Å². The number of aliphatic hydroxyl groups is 1. The number of pyridine rings is 1. The first-order valence-corrected chi connectivity index (χ1v) is 11.9. The van der Waals surface area contributed by atoms with Crippen LogP contribution in [-0.2, 0) is 6.42 Å². The van der Waals surface area contributed by atoms with Gasteiger partial charge in [-0.1, -0.05) is 26.7 Å². The van der Waals surface area contributed by atoms with Gasteiger partial charge in [0, 0.05) is 24.4 Å². The highest BCUT2D eigenvalue weighted by molar-refractivity contribution is 5.85. The summed E-state index contributed by atoms with van der Waals surface area (Å²) in [5.74, 6) is 2.60. The lowest BCUT2D eigenvalue weighted by Gasteiger charge is -2.27. The summed E-state index contributed by atoms with van der Waals surface area (Å²) in [5.41, 5.74) is 2.20. The molecular weight excluding hydrogens is 376 g/mol. The minimum Gasteiger partial charge on any atom is -0.474 e. The molecule has 6 heteroatoms. The van der Waals surface area contributed by atoms with E-state index in [1.54, 1.807) is 0 Å². The average Bonchev–Trinajstić information content (AvgIpc) is 2.79. The zero-order valence-corrected chi connectivity index (χ0v) is 18.4. The Morgan fingerprint density at radius 2 is 1.77 bits per heavy atom. The first-order chi connectivity index (χ1) is 14.7. The Morgan fingerprint density at radius 3 is 2.47 bits per heavy atom. The molecule has 0 amide bonds. The molecule has 2 aliphatic rings. The van der Waals surface area contributed by atoms with Gasteiger partial charge < -0.3 is 15.2 Å². The number of aliphatic hydroxyl groups excluding tert-OH is 1. The summed E-state index contributed by atoms with van der Waals surface area (Å²) in [5, 5.41) is 14.3. The molecule has 3 heterocycles. The molecule has 1 aliphatic heterocycles. The quantitative estimate of drug-likeness (QED) is 0.711. The minimum absolute atomic E-state index is 0.164. The number of hydrogen-bond donors (Lipinski definition) is 2. The molecule has 0 radical (unpaired) electrons. The molecule has 2 aromatic rings. The molecule has 0 spiro atoms. The fourth-order valence-electron chi connectivity index (χ4n) is 4.84. The molecule has 1 saturated heterocycles. The molecule has 2 aromatic heterocycles. The van der Waals surface area contributed by atoms with E-state index in [1.165, 1.54) is 5.56 Å². The molecule has 0 bridgehead atoms. The van der Waals surface area contributed by atoms with Crippen molar-refractivity contribution in [2.24, 2.45) is 5.92 Å². The van der Waals surface area contributed by atoms with Crippen molar-refractivity contribution in [1.82, 2.24) is 20.3 Å². The Bertz CT molecular complexity index is 825. The first kappa shape index (κ1) is 21.4. The second-order valence-corrected chi connectivity index (χ2v) is 9.03. The molecule has 30 heavy (non-hydrogen) atoms. The second-order valence-electron chi connectivity index (χ2n) is 9.03. The molecular formula is C24H36N4O2. The van der Waals surface area contributed by atoms with Gasteiger partial charge >= 0.3 is 0 Å². The normalized spacial score (nSPS) is 23.2. The Labute approximate surface area is 179 Å². The summed E-state index contributed by atoms with van der Waals surface area (Å²) in [6, 6.07) is 0. The Hall–Kier alpha value is -1.79. The molecule has 6 nitrogen and oxygen atoms in total. The molecule has 2 N–H and O–H groups in total. The van der Waals surface area contributed by atoms with Gasteiger partial charge in [0.05, 0.1) is 17.0 Å². The predicted molar refractivity (Wildman–Crippen MR) is 119 cm³/mol. The van der Waals surface area contributed by atoms with Crippen molar-refractivity contribution in [3.8, 4) is 5.88 Å². The average molecular weight is 413 g/mol. The van der Waals surface area contributed by atoms with Crippen LogP contribution in [0.2, 0.25) is 0 Å². The molecule has 0 atom stereocenters. The fourth-order valence-corrected chi connectivity index (χ4v) is 4.84. The van der Waals surface area contributed by atoms with E-state index in [4.69, 9.17) is 19.7 Å². The van der Waals surface area contributed by atoms with Crippen LogP contribution in [0.4, 0.5) is 0 Å². The highest BCUT2D eigenvalue weighted by atomic mass is 16.5. The third-order valence-electron chi connectivity index (χ3n) is 6.99. The Kier molecular flexibility index (Phi) is 7.16. The number of aromatic nitrogens is 3. The van der Waals surface area contributed by atoms with Crippen molar-refractivity contribution >= 4 is 10.9 Å². The van der Waals surface area contributed by atoms with Crippen LogP contribution in [0.5, 0.6) is 5.88 Å². The van der Waals surface area contributed by atoms with Gasteiger partial charge in [0.15, 0.2) is 0 Å². The van der Waals surface area contributed by atoms with E-state index in [2.05, 4.69) is 19.2 Å².